The lowest BCUT2D eigenvalue weighted by molar-refractivity contribution is -0.274. The largest absolute Gasteiger partial charge is 0.573 e. The minimum atomic E-state index is -5.02. The van der Waals surface area contributed by atoms with E-state index in [9.17, 15) is 68.9 Å². The second-order valence-corrected chi connectivity index (χ2v) is 14.9. The van der Waals surface area contributed by atoms with Gasteiger partial charge in [-0.25, -0.2) is 9.59 Å². The summed E-state index contributed by atoms with van der Waals surface area (Å²) < 4.78 is 124. The summed E-state index contributed by atoms with van der Waals surface area (Å²) >= 11 is 0. The second-order valence-electron chi connectivity index (χ2n) is 14.9. The SMILES string of the molecule is O=C(O)C(=O)c1cn(Cc2ccccc2)c2c(-c3ccc(OC(F)(F)F)cc3)cccc12.O=C(O)C(=O)c1cn(Cc2ccccc2)c2ccc(-c3cc(C(F)(F)F)cc(C(F)(F)F)c3)cc12. The first-order valence-electron chi connectivity index (χ1n) is 19.6. The number of rotatable bonds is 11. The van der Waals surface area contributed by atoms with E-state index in [0.717, 1.165) is 11.1 Å². The fourth-order valence-electron chi connectivity index (χ4n) is 7.44. The first-order valence-corrected chi connectivity index (χ1v) is 19.6. The Morgan fingerprint density at radius 1 is 0.493 bits per heavy atom. The zero-order valence-corrected chi connectivity index (χ0v) is 34.1. The summed E-state index contributed by atoms with van der Waals surface area (Å²) in [6.07, 6.45) is -12.0. The summed E-state index contributed by atoms with van der Waals surface area (Å²) in [5.74, 6) is -5.95. The third kappa shape index (κ3) is 10.7. The van der Waals surface area contributed by atoms with Gasteiger partial charge in [-0.3, -0.25) is 9.59 Å². The Balaban J connectivity index is 0.000000200. The number of Topliss-reactive ketones (excluding diaryl/α,β-unsaturated/α-hetero) is 2. The molecule has 8 rings (SSSR count). The van der Waals surface area contributed by atoms with Gasteiger partial charge >= 0.3 is 30.7 Å². The Morgan fingerprint density at radius 3 is 1.49 bits per heavy atom. The molecule has 0 radical (unpaired) electrons. The number of hydrogen-bond donors (Lipinski definition) is 2. The molecule has 0 bridgehead atoms. The van der Waals surface area contributed by atoms with Gasteiger partial charge in [0.2, 0.25) is 0 Å². The topological polar surface area (TPSA) is 128 Å². The molecule has 2 heterocycles. The molecular weight excluding hydrogens is 900 g/mol. The number of nitrogens with zero attached hydrogens (tertiary/aromatic N) is 2. The molecule has 0 atom stereocenters. The average Bonchev–Trinajstić information content (AvgIpc) is 3.83. The quantitative estimate of drug-likeness (QED) is 0.0751. The molecule has 67 heavy (non-hydrogen) atoms. The summed E-state index contributed by atoms with van der Waals surface area (Å²) in [5.41, 5.74) is 0.430. The van der Waals surface area contributed by atoms with E-state index in [0.29, 0.717) is 46.2 Å². The van der Waals surface area contributed by atoms with Crippen LogP contribution in [0.1, 0.15) is 43.0 Å². The van der Waals surface area contributed by atoms with Crippen molar-refractivity contribution in [3.8, 4) is 28.0 Å². The van der Waals surface area contributed by atoms with Crippen molar-refractivity contribution in [1.29, 1.82) is 0 Å². The maximum Gasteiger partial charge on any atom is 0.573 e. The van der Waals surface area contributed by atoms with Crippen molar-refractivity contribution in [2.24, 2.45) is 0 Å². The van der Waals surface area contributed by atoms with Crippen molar-refractivity contribution in [1.82, 2.24) is 9.13 Å². The van der Waals surface area contributed by atoms with Gasteiger partial charge in [0.15, 0.2) is 0 Å². The van der Waals surface area contributed by atoms with E-state index in [1.165, 1.54) is 54.9 Å². The molecule has 0 saturated heterocycles. The second kappa shape index (κ2) is 18.4. The lowest BCUT2D eigenvalue weighted by Gasteiger charge is -2.14. The van der Waals surface area contributed by atoms with E-state index in [2.05, 4.69) is 4.74 Å². The standard InChI is InChI=1S/C25H15F6NO3.C24H16F3NO4/c26-24(27,28)17-8-16(9-18(11-17)25(29,30)31)15-6-7-21-19(10-15)20(22(33)23(34)35)13-32(21)12-14-4-2-1-3-5-14;25-24(26,27)32-17-11-9-16(10-12-17)18-7-4-8-19-20(22(29)23(30)31)14-28(21(18)19)13-15-5-2-1-3-6-15/h1-11,13H,12H2,(H,34,35);1-12,14H,13H2,(H,30,31). The lowest BCUT2D eigenvalue weighted by Crippen LogP contribution is -2.16. The summed E-state index contributed by atoms with van der Waals surface area (Å²) in [6.45, 7) is 0.627. The normalized spacial score (nSPS) is 11.8. The van der Waals surface area contributed by atoms with Crippen molar-refractivity contribution in [2.75, 3.05) is 0 Å². The van der Waals surface area contributed by atoms with Crippen molar-refractivity contribution in [3.05, 3.63) is 185 Å². The molecule has 342 valence electrons. The first kappa shape index (κ1) is 46.8. The van der Waals surface area contributed by atoms with E-state index in [4.69, 9.17) is 0 Å². The number of alkyl halides is 9. The van der Waals surface area contributed by atoms with Gasteiger partial charge in [-0.05, 0) is 70.3 Å². The summed E-state index contributed by atoms with van der Waals surface area (Å²) in [6, 6.07) is 34.0. The number of fused-ring (bicyclic) bond motifs is 2. The summed E-state index contributed by atoms with van der Waals surface area (Å²) in [5, 5.41) is 19.0. The third-order valence-corrected chi connectivity index (χ3v) is 10.4. The van der Waals surface area contributed by atoms with Crippen LogP contribution in [0.25, 0.3) is 44.1 Å². The molecule has 6 aromatic carbocycles. The number of aliphatic carboxylic acids is 2. The van der Waals surface area contributed by atoms with Gasteiger partial charge in [0.1, 0.15) is 5.75 Å². The molecule has 0 aliphatic heterocycles. The highest BCUT2D eigenvalue weighted by atomic mass is 19.4. The number of hydrogen-bond acceptors (Lipinski definition) is 5. The van der Waals surface area contributed by atoms with Crippen LogP contribution in [-0.4, -0.2) is 49.2 Å². The molecule has 0 spiro atoms. The minimum Gasteiger partial charge on any atom is -0.475 e. The molecule has 0 amide bonds. The number of benzene rings is 6. The van der Waals surface area contributed by atoms with Crippen LogP contribution < -0.4 is 4.74 Å². The van der Waals surface area contributed by atoms with Crippen molar-refractivity contribution in [2.45, 2.75) is 31.8 Å². The fourth-order valence-corrected chi connectivity index (χ4v) is 7.44. The first-order chi connectivity index (χ1) is 31.6. The molecule has 0 fully saturated rings. The van der Waals surface area contributed by atoms with Crippen LogP contribution in [-0.2, 0) is 35.0 Å². The van der Waals surface area contributed by atoms with Gasteiger partial charge in [-0.15, -0.1) is 13.2 Å². The van der Waals surface area contributed by atoms with Gasteiger partial charge < -0.3 is 24.1 Å². The number of carbonyl (C=O) groups is 4. The van der Waals surface area contributed by atoms with Crippen LogP contribution in [0.4, 0.5) is 39.5 Å². The Kier molecular flexibility index (Phi) is 12.8. The summed E-state index contributed by atoms with van der Waals surface area (Å²) in [4.78, 5) is 47.4. The Hall–Kier alpha value is -8.15. The third-order valence-electron chi connectivity index (χ3n) is 10.4. The van der Waals surface area contributed by atoms with Gasteiger partial charge in [-0.2, -0.15) is 26.3 Å². The number of aromatic nitrogens is 2. The monoisotopic (exact) mass is 930 g/mol. The highest BCUT2D eigenvalue weighted by molar-refractivity contribution is 6.43. The number of para-hydroxylation sites is 1. The number of ketones is 2. The number of carboxylic acid groups (broad SMARTS) is 2. The zero-order chi connectivity index (χ0) is 48.4. The number of ether oxygens (including phenoxy) is 1. The van der Waals surface area contributed by atoms with Gasteiger partial charge in [-0.1, -0.05) is 97.1 Å². The predicted octanol–water partition coefficient (Wildman–Crippen LogP) is 12.2. The Bertz CT molecular complexity index is 3120. The zero-order valence-electron chi connectivity index (χ0n) is 34.1. The van der Waals surface area contributed by atoms with Crippen LogP contribution in [0.2, 0.25) is 0 Å². The van der Waals surface area contributed by atoms with Crippen molar-refractivity contribution < 1.29 is 73.6 Å². The molecule has 0 saturated carbocycles. The Morgan fingerprint density at radius 2 is 0.985 bits per heavy atom. The maximum absolute atomic E-state index is 13.3. The van der Waals surface area contributed by atoms with E-state index >= 15 is 0 Å². The van der Waals surface area contributed by atoms with Gasteiger partial charge in [0, 0.05) is 47.3 Å². The molecule has 0 unspecified atom stereocenters. The molecule has 0 aliphatic rings. The van der Waals surface area contributed by atoms with E-state index < -0.39 is 53.3 Å². The lowest BCUT2D eigenvalue weighted by atomic mass is 9.97. The highest BCUT2D eigenvalue weighted by Gasteiger charge is 2.37. The minimum absolute atomic E-state index is 0.0255. The molecule has 18 heteroatoms. The predicted molar refractivity (Wildman–Crippen MR) is 226 cm³/mol. The molecule has 2 N–H and O–H groups in total. The molecular formula is C49H31F9N2O7. The maximum atomic E-state index is 13.3. The fraction of sp³-hybridized carbons (Fsp3) is 0.102. The van der Waals surface area contributed by atoms with E-state index in [1.807, 2.05) is 30.3 Å². The van der Waals surface area contributed by atoms with Crippen LogP contribution in [0.5, 0.6) is 5.75 Å². The number of carboxylic acids is 2. The van der Waals surface area contributed by atoms with Gasteiger partial charge in [0.25, 0.3) is 11.6 Å². The highest BCUT2D eigenvalue weighted by Crippen LogP contribution is 2.40. The smallest absolute Gasteiger partial charge is 0.475 e. The molecule has 8 aromatic rings. The van der Waals surface area contributed by atoms with Crippen molar-refractivity contribution >= 4 is 45.3 Å². The number of halogens is 9. The number of carbonyl (C=O) groups excluding carboxylic acids is 2. The van der Waals surface area contributed by atoms with Crippen LogP contribution in [0.15, 0.2) is 152 Å². The van der Waals surface area contributed by atoms with Crippen LogP contribution in [0, 0.1) is 0 Å². The van der Waals surface area contributed by atoms with Crippen molar-refractivity contribution in [3.63, 3.8) is 0 Å². The molecule has 9 nitrogen and oxygen atoms in total. The van der Waals surface area contributed by atoms with Crippen LogP contribution in [0.3, 0.4) is 0 Å². The van der Waals surface area contributed by atoms with Gasteiger partial charge in [0.05, 0.1) is 27.8 Å². The Labute approximate surface area is 372 Å². The average molecular weight is 931 g/mol. The van der Waals surface area contributed by atoms with E-state index in [1.54, 1.807) is 57.7 Å². The van der Waals surface area contributed by atoms with E-state index in [-0.39, 0.29) is 46.0 Å². The molecule has 2 aromatic heterocycles. The summed E-state index contributed by atoms with van der Waals surface area (Å²) in [7, 11) is 0. The van der Waals surface area contributed by atoms with Crippen LogP contribution >= 0.6 is 0 Å². The molecule has 0 aliphatic carbocycles.